The Hall–Kier alpha value is -3.47. The van der Waals surface area contributed by atoms with E-state index in [-0.39, 0.29) is 23.8 Å². The first kappa shape index (κ1) is 26.6. The summed E-state index contributed by atoms with van der Waals surface area (Å²) in [4.78, 5) is 30.2. The first-order valence-corrected chi connectivity index (χ1v) is 12.6. The van der Waals surface area contributed by atoms with Gasteiger partial charge in [0.25, 0.3) is 5.91 Å². The van der Waals surface area contributed by atoms with Crippen molar-refractivity contribution >= 4 is 46.2 Å². The minimum absolute atomic E-state index is 0.00231. The molecule has 37 heavy (non-hydrogen) atoms. The number of rotatable bonds is 4. The minimum Gasteiger partial charge on any atom is -0.485 e. The van der Waals surface area contributed by atoms with E-state index in [0.717, 1.165) is 15.6 Å². The van der Waals surface area contributed by atoms with Gasteiger partial charge in [-0.05, 0) is 29.2 Å². The van der Waals surface area contributed by atoms with E-state index in [1.165, 1.54) is 11.0 Å². The molecule has 0 aliphatic carbocycles. The lowest BCUT2D eigenvalue weighted by Gasteiger charge is -2.36. The van der Waals surface area contributed by atoms with Crippen LogP contribution in [0.25, 0.3) is 0 Å². The fraction of sp³-hybridized carbons (Fsp3) is 0.222. The molecule has 0 saturated carbocycles. The lowest BCUT2D eigenvalue weighted by atomic mass is 9.79. The monoisotopic (exact) mass is 563 g/mol. The second-order valence-electron chi connectivity index (χ2n) is 8.83. The molecule has 3 aromatic rings. The highest BCUT2D eigenvalue weighted by molar-refractivity contribution is 9.10. The molecule has 0 fully saturated rings. The van der Waals surface area contributed by atoms with Crippen molar-refractivity contribution < 1.29 is 24.4 Å². The Bertz CT molecular complexity index is 1350. The number of hydrogen-bond donors (Lipinski definition) is 3. The average molecular weight is 564 g/mol. The average Bonchev–Trinajstić information content (AvgIpc) is 3.13. The van der Waals surface area contributed by atoms with Gasteiger partial charge in [0.05, 0.1) is 0 Å². The number of ketones is 1. The summed E-state index contributed by atoms with van der Waals surface area (Å²) < 4.78 is 7.05. The molecule has 190 valence electrons. The molecular weight excluding hydrogens is 537 g/mol. The van der Waals surface area contributed by atoms with Crippen LogP contribution in [0, 0.1) is 0 Å². The number of aliphatic imine (C=N–C) groups is 1. The Kier molecular flexibility index (Phi) is 7.82. The predicted molar refractivity (Wildman–Crippen MR) is 146 cm³/mol. The number of fused-ring (bicyclic) bond motifs is 2. The molecule has 2 atom stereocenters. The smallest absolute Gasteiger partial charge is 0.485 e. The molecule has 2 heterocycles. The van der Waals surface area contributed by atoms with Gasteiger partial charge in [-0.3, -0.25) is 14.5 Å². The van der Waals surface area contributed by atoms with Crippen molar-refractivity contribution in [2.75, 3.05) is 7.05 Å². The zero-order valence-corrected chi connectivity index (χ0v) is 22.1. The van der Waals surface area contributed by atoms with Crippen LogP contribution in [0.4, 0.5) is 0 Å². The molecule has 2 aliphatic heterocycles. The Morgan fingerprint density at radius 2 is 1.89 bits per heavy atom. The number of likely N-dealkylation sites (N-methyl/N-ethyl adjacent to an activating group) is 1. The molecule has 8 nitrogen and oxygen atoms in total. The van der Waals surface area contributed by atoms with Gasteiger partial charge < -0.3 is 20.5 Å². The van der Waals surface area contributed by atoms with E-state index in [9.17, 15) is 9.59 Å². The van der Waals surface area contributed by atoms with Crippen LogP contribution in [0.1, 0.15) is 47.4 Å². The molecule has 3 aromatic carbocycles. The highest BCUT2D eigenvalue weighted by Crippen LogP contribution is 2.50. The van der Waals surface area contributed by atoms with E-state index >= 15 is 0 Å². The standard InChI is InChI=1S/C18H16BrN3O2.C9H11BO3/c1-22-16(23)18(21-17(22)20)10-15(11-5-3-2-4-6-11)24-14-8-7-12(19)9-13(14)18;1-2-9(11)7-4-3-5-8(6-7)10(12)13/h2-9,15H,10H2,1H3,(H2,20,21);3-6,12-13H,2H2,1H3. The highest BCUT2D eigenvalue weighted by atomic mass is 79.9. The van der Waals surface area contributed by atoms with Gasteiger partial charge in [0, 0.05) is 35.5 Å². The van der Waals surface area contributed by atoms with Crippen molar-refractivity contribution in [1.29, 1.82) is 0 Å². The molecule has 0 radical (unpaired) electrons. The molecule has 2 aliphatic rings. The Morgan fingerprint density at radius 3 is 2.51 bits per heavy atom. The van der Waals surface area contributed by atoms with Crippen LogP contribution in [0.3, 0.4) is 0 Å². The lowest BCUT2D eigenvalue weighted by molar-refractivity contribution is -0.132. The summed E-state index contributed by atoms with van der Waals surface area (Å²) in [6, 6.07) is 21.9. The first-order valence-electron chi connectivity index (χ1n) is 11.8. The zero-order chi connectivity index (χ0) is 26.7. The molecule has 1 amide bonds. The number of halogens is 1. The maximum atomic E-state index is 13.0. The number of nitrogens with zero attached hydrogens (tertiary/aromatic N) is 2. The molecule has 2 unspecified atom stereocenters. The first-order chi connectivity index (χ1) is 17.7. The van der Waals surface area contributed by atoms with Crippen molar-refractivity contribution in [2.24, 2.45) is 10.7 Å². The van der Waals surface area contributed by atoms with E-state index in [1.807, 2.05) is 48.5 Å². The van der Waals surface area contributed by atoms with E-state index < -0.39 is 12.7 Å². The maximum absolute atomic E-state index is 13.0. The van der Waals surface area contributed by atoms with E-state index in [4.69, 9.17) is 20.5 Å². The van der Waals surface area contributed by atoms with Crippen LogP contribution in [0.5, 0.6) is 5.75 Å². The Balaban J connectivity index is 0.000000209. The Morgan fingerprint density at radius 1 is 1.16 bits per heavy atom. The predicted octanol–water partition coefficient (Wildman–Crippen LogP) is 2.91. The number of carbonyl (C=O) groups excluding carboxylic acids is 2. The van der Waals surface area contributed by atoms with Crippen molar-refractivity contribution in [3.05, 3.63) is 94.0 Å². The van der Waals surface area contributed by atoms with E-state index in [0.29, 0.717) is 29.6 Å². The topological polar surface area (TPSA) is 125 Å². The van der Waals surface area contributed by atoms with Gasteiger partial charge in [0.15, 0.2) is 17.3 Å². The summed E-state index contributed by atoms with van der Waals surface area (Å²) in [6.45, 7) is 1.77. The van der Waals surface area contributed by atoms with Gasteiger partial charge in [-0.2, -0.15) is 0 Å². The van der Waals surface area contributed by atoms with Crippen molar-refractivity contribution in [2.45, 2.75) is 31.4 Å². The number of carbonyl (C=O) groups is 2. The largest absolute Gasteiger partial charge is 0.488 e. The number of amides is 1. The van der Waals surface area contributed by atoms with Crippen LogP contribution in [0.15, 0.2) is 82.3 Å². The number of benzene rings is 3. The van der Waals surface area contributed by atoms with Crippen molar-refractivity contribution in [3.8, 4) is 5.75 Å². The van der Waals surface area contributed by atoms with E-state index in [1.54, 1.807) is 32.2 Å². The van der Waals surface area contributed by atoms with Crippen molar-refractivity contribution in [1.82, 2.24) is 4.90 Å². The summed E-state index contributed by atoms with van der Waals surface area (Å²) in [7, 11) is 0.144. The van der Waals surface area contributed by atoms with Crippen LogP contribution >= 0.6 is 15.9 Å². The van der Waals surface area contributed by atoms with Crippen molar-refractivity contribution in [3.63, 3.8) is 0 Å². The summed E-state index contributed by atoms with van der Waals surface area (Å²) in [5.74, 6) is 0.782. The number of hydrogen-bond acceptors (Lipinski definition) is 7. The van der Waals surface area contributed by atoms with Crippen LogP contribution < -0.4 is 15.9 Å². The third-order valence-electron chi connectivity index (χ3n) is 6.44. The number of nitrogens with two attached hydrogens (primary N) is 1. The Labute approximate surface area is 224 Å². The maximum Gasteiger partial charge on any atom is 0.488 e. The summed E-state index contributed by atoms with van der Waals surface area (Å²) >= 11 is 3.47. The molecule has 0 bridgehead atoms. The molecule has 4 N–H and O–H groups in total. The zero-order valence-electron chi connectivity index (χ0n) is 20.5. The third kappa shape index (κ3) is 5.32. The molecule has 1 spiro atoms. The van der Waals surface area contributed by atoms with Gasteiger partial charge >= 0.3 is 7.12 Å². The highest BCUT2D eigenvalue weighted by Gasteiger charge is 2.53. The SMILES string of the molecule is CCC(=O)c1cccc(B(O)O)c1.CN1C(=O)C2(CC(c3ccccc3)Oc3ccc(Br)cc32)N=C1N. The number of ether oxygens (including phenoxy) is 1. The second kappa shape index (κ2) is 10.9. The van der Waals surface area contributed by atoms with Gasteiger partial charge in [0.2, 0.25) is 0 Å². The third-order valence-corrected chi connectivity index (χ3v) is 6.94. The lowest BCUT2D eigenvalue weighted by Crippen LogP contribution is -2.43. The molecular formula is C27H27BBrN3O5. The fourth-order valence-electron chi connectivity index (χ4n) is 4.44. The van der Waals surface area contributed by atoms with Crippen LogP contribution in [-0.2, 0) is 10.3 Å². The summed E-state index contributed by atoms with van der Waals surface area (Å²) in [6.07, 6.45) is 0.585. The molecule has 10 heteroatoms. The molecule has 5 rings (SSSR count). The molecule has 0 aromatic heterocycles. The van der Waals surface area contributed by atoms with E-state index in [2.05, 4.69) is 20.9 Å². The molecule has 0 saturated heterocycles. The van der Waals surface area contributed by atoms with Crippen LogP contribution in [-0.4, -0.2) is 46.8 Å². The quantitative estimate of drug-likeness (QED) is 0.331. The van der Waals surface area contributed by atoms with Gasteiger partial charge in [-0.15, -0.1) is 0 Å². The summed E-state index contributed by atoms with van der Waals surface area (Å²) in [5, 5.41) is 17.7. The fourth-order valence-corrected chi connectivity index (χ4v) is 4.80. The van der Waals surface area contributed by atoms with Gasteiger partial charge in [0.1, 0.15) is 11.9 Å². The minimum atomic E-state index is -1.51. The summed E-state index contributed by atoms with van der Waals surface area (Å²) in [5.41, 5.74) is 7.56. The normalized spacial score (nSPS) is 19.9. The van der Waals surface area contributed by atoms with Gasteiger partial charge in [-0.1, -0.05) is 77.5 Å². The van der Waals surface area contributed by atoms with Crippen LogP contribution in [0.2, 0.25) is 0 Å². The number of Topliss-reactive ketones (excluding diaryl/α,β-unsaturated/α-hetero) is 1. The second-order valence-corrected chi connectivity index (χ2v) is 9.75. The van der Waals surface area contributed by atoms with Gasteiger partial charge in [-0.25, -0.2) is 4.99 Å². The number of guanidine groups is 1.